The molecule has 3 heterocycles. The van der Waals surface area contributed by atoms with E-state index in [1.165, 1.54) is 23.3 Å². The lowest BCUT2D eigenvalue weighted by molar-refractivity contribution is 0.0341. The summed E-state index contributed by atoms with van der Waals surface area (Å²) >= 11 is 1.57. The van der Waals surface area contributed by atoms with Gasteiger partial charge < -0.3 is 10.1 Å². The monoisotopic (exact) mass is 434 g/mol. The van der Waals surface area contributed by atoms with Crippen molar-refractivity contribution in [2.45, 2.75) is 13.1 Å². The fraction of sp³-hybridized carbons (Fsp3) is 0.250. The van der Waals surface area contributed by atoms with Gasteiger partial charge in [0.1, 0.15) is 22.8 Å². The maximum absolute atomic E-state index is 13.4. The van der Waals surface area contributed by atoms with E-state index in [0.29, 0.717) is 6.54 Å². The van der Waals surface area contributed by atoms with E-state index in [1.807, 2.05) is 0 Å². The predicted octanol–water partition coefficient (Wildman–Crippen LogP) is 4.94. The molecular weight excluding hydrogens is 411 g/mol. The number of thiophene rings is 1. The number of hydrogen-bond acceptors (Lipinski definition) is 6. The van der Waals surface area contributed by atoms with Crippen LogP contribution in [0.3, 0.4) is 0 Å². The first-order valence-corrected chi connectivity index (χ1v) is 11.2. The molecule has 0 radical (unpaired) electrons. The van der Waals surface area contributed by atoms with Gasteiger partial charge in [0.2, 0.25) is 0 Å². The second-order valence-corrected chi connectivity index (χ2v) is 8.43. The average molecular weight is 435 g/mol. The largest absolute Gasteiger partial charge is 0.379 e. The number of benzene rings is 2. The van der Waals surface area contributed by atoms with Gasteiger partial charge in [-0.1, -0.05) is 36.4 Å². The predicted molar refractivity (Wildman–Crippen MR) is 123 cm³/mol. The van der Waals surface area contributed by atoms with Gasteiger partial charge >= 0.3 is 0 Å². The van der Waals surface area contributed by atoms with Crippen molar-refractivity contribution in [2.24, 2.45) is 0 Å². The van der Waals surface area contributed by atoms with Gasteiger partial charge in [0.25, 0.3) is 0 Å². The molecule has 2 aromatic carbocycles. The highest BCUT2D eigenvalue weighted by Gasteiger charge is 2.15. The Balaban J connectivity index is 1.40. The van der Waals surface area contributed by atoms with Crippen molar-refractivity contribution in [2.75, 3.05) is 31.6 Å². The number of aromatic nitrogens is 2. The standard InChI is InChI=1S/C24H23FN4OS/c25-20-7-5-17(6-8-20)21-15-31-24-22(21)23(27-16-28-24)26-13-18-3-1-2-4-19(18)14-29-9-11-30-12-10-29/h1-8,15-16H,9-14H2,(H,26,27,28). The van der Waals surface area contributed by atoms with Crippen molar-refractivity contribution in [1.29, 1.82) is 0 Å². The number of anilines is 1. The lowest BCUT2D eigenvalue weighted by Gasteiger charge is -2.27. The Bertz CT molecular complexity index is 1170. The minimum absolute atomic E-state index is 0.241. The molecule has 1 N–H and O–H groups in total. The molecule has 31 heavy (non-hydrogen) atoms. The van der Waals surface area contributed by atoms with Crippen molar-refractivity contribution in [3.05, 3.63) is 77.2 Å². The number of rotatable bonds is 6. The van der Waals surface area contributed by atoms with Crippen molar-refractivity contribution < 1.29 is 9.13 Å². The number of ether oxygens (including phenoxy) is 1. The SMILES string of the molecule is Fc1ccc(-c2csc3ncnc(NCc4ccccc4CN4CCOCC4)c23)cc1. The zero-order valence-corrected chi connectivity index (χ0v) is 17.9. The van der Waals surface area contributed by atoms with Crippen LogP contribution in [0.15, 0.2) is 60.2 Å². The molecule has 7 heteroatoms. The van der Waals surface area contributed by atoms with Crippen molar-refractivity contribution in [3.8, 4) is 11.1 Å². The molecule has 4 aromatic rings. The van der Waals surface area contributed by atoms with Gasteiger partial charge in [-0.2, -0.15) is 0 Å². The Labute approximate surface area is 184 Å². The van der Waals surface area contributed by atoms with Crippen LogP contribution in [0, 0.1) is 5.82 Å². The van der Waals surface area contributed by atoms with Crippen LogP contribution in [0.2, 0.25) is 0 Å². The molecule has 1 aliphatic rings. The topological polar surface area (TPSA) is 50.3 Å². The van der Waals surface area contributed by atoms with Crippen LogP contribution in [-0.4, -0.2) is 41.2 Å². The van der Waals surface area contributed by atoms with E-state index in [9.17, 15) is 4.39 Å². The summed E-state index contributed by atoms with van der Waals surface area (Å²) in [7, 11) is 0. The van der Waals surface area contributed by atoms with Crippen molar-refractivity contribution in [1.82, 2.24) is 14.9 Å². The normalized spacial score (nSPS) is 14.7. The zero-order chi connectivity index (χ0) is 21.0. The minimum atomic E-state index is -0.241. The van der Waals surface area contributed by atoms with Crippen LogP contribution in [0.5, 0.6) is 0 Å². The molecule has 158 valence electrons. The van der Waals surface area contributed by atoms with Gasteiger partial charge in [-0.05, 0) is 28.8 Å². The average Bonchev–Trinajstić information content (AvgIpc) is 3.25. The number of halogens is 1. The molecule has 0 aliphatic carbocycles. The third kappa shape index (κ3) is 4.44. The molecular formula is C24H23FN4OS. The molecule has 1 saturated heterocycles. The number of nitrogens with zero attached hydrogens (tertiary/aromatic N) is 3. The van der Waals surface area contributed by atoms with Gasteiger partial charge in [0.05, 0.1) is 18.6 Å². The van der Waals surface area contributed by atoms with Crippen LogP contribution >= 0.6 is 11.3 Å². The van der Waals surface area contributed by atoms with E-state index in [0.717, 1.165) is 60.0 Å². The van der Waals surface area contributed by atoms with Gasteiger partial charge in [0.15, 0.2) is 0 Å². The number of nitrogens with one attached hydrogen (secondary N) is 1. The molecule has 5 rings (SSSR count). The molecule has 1 fully saturated rings. The molecule has 0 bridgehead atoms. The first kappa shape index (κ1) is 20.1. The van der Waals surface area contributed by atoms with E-state index >= 15 is 0 Å². The van der Waals surface area contributed by atoms with Crippen LogP contribution in [-0.2, 0) is 17.8 Å². The van der Waals surface area contributed by atoms with E-state index in [4.69, 9.17) is 4.74 Å². The number of hydrogen-bond donors (Lipinski definition) is 1. The highest BCUT2D eigenvalue weighted by molar-refractivity contribution is 7.17. The zero-order valence-electron chi connectivity index (χ0n) is 17.1. The van der Waals surface area contributed by atoms with Crippen LogP contribution in [0.1, 0.15) is 11.1 Å². The van der Waals surface area contributed by atoms with E-state index in [-0.39, 0.29) is 5.82 Å². The molecule has 0 saturated carbocycles. The second kappa shape index (κ2) is 9.09. The number of morpholine rings is 1. The third-order valence-corrected chi connectivity index (χ3v) is 6.47. The lowest BCUT2D eigenvalue weighted by atomic mass is 10.1. The maximum Gasteiger partial charge on any atom is 0.139 e. The second-order valence-electron chi connectivity index (χ2n) is 7.57. The highest BCUT2D eigenvalue weighted by Crippen LogP contribution is 2.36. The fourth-order valence-corrected chi connectivity index (χ4v) is 4.83. The molecule has 0 unspecified atom stereocenters. The van der Waals surface area contributed by atoms with Crippen LogP contribution < -0.4 is 5.32 Å². The Hall–Kier alpha value is -2.87. The molecule has 0 atom stereocenters. The first-order chi connectivity index (χ1) is 15.3. The van der Waals surface area contributed by atoms with Crippen LogP contribution in [0.4, 0.5) is 10.2 Å². The van der Waals surface area contributed by atoms with E-state index in [2.05, 4.69) is 49.8 Å². The smallest absolute Gasteiger partial charge is 0.139 e. The molecule has 0 spiro atoms. The molecule has 1 aliphatic heterocycles. The lowest BCUT2D eigenvalue weighted by Crippen LogP contribution is -2.35. The maximum atomic E-state index is 13.4. The molecule has 5 nitrogen and oxygen atoms in total. The van der Waals surface area contributed by atoms with Crippen LogP contribution in [0.25, 0.3) is 21.3 Å². The number of fused-ring (bicyclic) bond motifs is 1. The summed E-state index contributed by atoms with van der Waals surface area (Å²) < 4.78 is 18.9. The fourth-order valence-electron chi connectivity index (χ4n) is 3.91. The Morgan fingerprint density at radius 3 is 2.58 bits per heavy atom. The van der Waals surface area contributed by atoms with E-state index < -0.39 is 0 Å². The Morgan fingerprint density at radius 1 is 1.00 bits per heavy atom. The van der Waals surface area contributed by atoms with Gasteiger partial charge in [-0.25, -0.2) is 14.4 Å². The Kier molecular flexibility index (Phi) is 5.88. The van der Waals surface area contributed by atoms with Gasteiger partial charge in [0, 0.05) is 37.1 Å². The van der Waals surface area contributed by atoms with Gasteiger partial charge in [-0.3, -0.25) is 4.90 Å². The summed E-state index contributed by atoms with van der Waals surface area (Å²) in [6, 6.07) is 15.1. The summed E-state index contributed by atoms with van der Waals surface area (Å²) in [4.78, 5) is 12.3. The van der Waals surface area contributed by atoms with Crippen molar-refractivity contribution in [3.63, 3.8) is 0 Å². The Morgan fingerprint density at radius 2 is 1.77 bits per heavy atom. The summed E-state index contributed by atoms with van der Waals surface area (Å²) in [5.74, 6) is 0.557. The summed E-state index contributed by atoms with van der Waals surface area (Å²) in [5, 5.41) is 6.56. The third-order valence-electron chi connectivity index (χ3n) is 5.59. The minimum Gasteiger partial charge on any atom is -0.379 e. The summed E-state index contributed by atoms with van der Waals surface area (Å²) in [5.41, 5.74) is 4.54. The summed E-state index contributed by atoms with van der Waals surface area (Å²) in [6.07, 6.45) is 1.59. The summed E-state index contributed by atoms with van der Waals surface area (Å²) in [6.45, 7) is 5.10. The van der Waals surface area contributed by atoms with Gasteiger partial charge in [-0.15, -0.1) is 11.3 Å². The van der Waals surface area contributed by atoms with E-state index in [1.54, 1.807) is 29.8 Å². The van der Waals surface area contributed by atoms with Crippen molar-refractivity contribution >= 4 is 27.4 Å². The quantitative estimate of drug-likeness (QED) is 0.466. The molecule has 0 amide bonds. The molecule has 2 aromatic heterocycles. The highest BCUT2D eigenvalue weighted by atomic mass is 32.1. The first-order valence-electron chi connectivity index (χ1n) is 10.4.